The smallest absolute Gasteiger partial charge is 0.164 e. The molecule has 0 saturated carbocycles. The van der Waals surface area contributed by atoms with Gasteiger partial charge in [0.1, 0.15) is 30.3 Å². The van der Waals surface area contributed by atoms with Gasteiger partial charge in [0.15, 0.2) is 6.23 Å². The third-order valence-corrected chi connectivity index (χ3v) is 4.82. The van der Waals surface area contributed by atoms with E-state index in [0.717, 1.165) is 16.6 Å². The van der Waals surface area contributed by atoms with E-state index < -0.39 is 31.1 Å². The highest BCUT2D eigenvalue weighted by atomic mass is 35.5. The van der Waals surface area contributed by atoms with Crippen molar-refractivity contribution in [3.05, 3.63) is 41.6 Å². The van der Waals surface area contributed by atoms with Gasteiger partial charge >= 0.3 is 0 Å². The summed E-state index contributed by atoms with van der Waals surface area (Å²) < 4.78 is 7.28. The number of pyridine rings is 1. The highest BCUT2D eigenvalue weighted by molar-refractivity contribution is 6.30. The maximum absolute atomic E-state index is 10.4. The first-order valence-electron chi connectivity index (χ1n) is 8.07. The Kier molecular flexibility index (Phi) is 4.37. The lowest BCUT2D eigenvalue weighted by Crippen LogP contribution is -2.33. The van der Waals surface area contributed by atoms with Crippen molar-refractivity contribution in [1.82, 2.24) is 19.5 Å². The van der Waals surface area contributed by atoms with E-state index in [1.54, 1.807) is 29.1 Å². The van der Waals surface area contributed by atoms with E-state index in [1.165, 1.54) is 6.33 Å². The fraction of sp³-hybridized carbons (Fsp3) is 0.353. The normalized spacial score (nSPS) is 25.9. The van der Waals surface area contributed by atoms with Crippen molar-refractivity contribution in [2.75, 3.05) is 6.61 Å². The molecule has 1 aliphatic heterocycles. The number of aromatic nitrogens is 4. The maximum Gasteiger partial charge on any atom is 0.164 e. The van der Waals surface area contributed by atoms with Crippen molar-refractivity contribution in [2.45, 2.75) is 31.5 Å². The summed E-state index contributed by atoms with van der Waals surface area (Å²) in [6.45, 7) is 1.45. The Bertz CT molecular complexity index is 963. The molecule has 0 unspecified atom stereocenters. The molecule has 0 amide bonds. The summed E-state index contributed by atoms with van der Waals surface area (Å²) in [6.07, 6.45) is 0.592. The zero-order chi connectivity index (χ0) is 18.4. The van der Waals surface area contributed by atoms with Crippen LogP contribution in [-0.2, 0) is 4.74 Å². The number of nitrogens with zero attached hydrogens (tertiary/aromatic N) is 4. The molecule has 8 nitrogen and oxygen atoms in total. The molecular weight excluding hydrogens is 360 g/mol. The van der Waals surface area contributed by atoms with Crippen LogP contribution in [0.4, 0.5) is 0 Å². The zero-order valence-electron chi connectivity index (χ0n) is 13.8. The van der Waals surface area contributed by atoms with E-state index in [4.69, 9.17) is 16.3 Å². The summed E-state index contributed by atoms with van der Waals surface area (Å²) in [5.74, 6) is 0. The van der Waals surface area contributed by atoms with Gasteiger partial charge < -0.3 is 24.6 Å². The Labute approximate surface area is 153 Å². The van der Waals surface area contributed by atoms with Crippen LogP contribution in [0.3, 0.4) is 0 Å². The Balaban J connectivity index is 1.91. The molecule has 26 heavy (non-hydrogen) atoms. The van der Waals surface area contributed by atoms with Crippen molar-refractivity contribution in [3.63, 3.8) is 0 Å². The lowest BCUT2D eigenvalue weighted by molar-refractivity contribution is -0.0508. The van der Waals surface area contributed by atoms with Crippen LogP contribution in [0.2, 0.25) is 5.02 Å². The van der Waals surface area contributed by atoms with Gasteiger partial charge in [-0.1, -0.05) is 11.6 Å². The highest BCUT2D eigenvalue weighted by Gasteiger charge is 2.44. The van der Waals surface area contributed by atoms with Gasteiger partial charge in [0.2, 0.25) is 0 Å². The second kappa shape index (κ2) is 6.57. The van der Waals surface area contributed by atoms with Crippen LogP contribution in [0.25, 0.3) is 22.3 Å². The molecule has 0 spiro atoms. The third kappa shape index (κ3) is 2.67. The number of aryl methyl sites for hydroxylation is 1. The second-order valence-corrected chi connectivity index (χ2v) is 6.63. The van der Waals surface area contributed by atoms with Gasteiger partial charge in [-0.2, -0.15) is 0 Å². The molecule has 3 aromatic heterocycles. The predicted molar refractivity (Wildman–Crippen MR) is 93.5 cm³/mol. The molecule has 1 saturated heterocycles. The maximum atomic E-state index is 10.4. The minimum absolute atomic E-state index is 0.398. The Morgan fingerprint density at radius 1 is 1.23 bits per heavy atom. The van der Waals surface area contributed by atoms with Crippen LogP contribution in [0, 0.1) is 6.92 Å². The van der Waals surface area contributed by atoms with E-state index in [1.807, 2.05) is 6.92 Å². The molecule has 0 radical (unpaired) electrons. The molecule has 0 aromatic carbocycles. The average molecular weight is 377 g/mol. The molecule has 136 valence electrons. The quantitative estimate of drug-likeness (QED) is 0.626. The van der Waals surface area contributed by atoms with Gasteiger partial charge in [-0.05, 0) is 19.1 Å². The topological polar surface area (TPSA) is 114 Å². The van der Waals surface area contributed by atoms with Crippen molar-refractivity contribution < 1.29 is 20.1 Å². The summed E-state index contributed by atoms with van der Waals surface area (Å²) >= 11 is 6.10. The molecule has 1 fully saturated rings. The van der Waals surface area contributed by atoms with Crippen LogP contribution in [0.1, 0.15) is 11.9 Å². The van der Waals surface area contributed by atoms with E-state index in [2.05, 4.69) is 15.0 Å². The first-order chi connectivity index (χ1) is 12.5. The Morgan fingerprint density at radius 3 is 2.73 bits per heavy atom. The molecular formula is C17H17ClN4O4. The van der Waals surface area contributed by atoms with Crippen LogP contribution < -0.4 is 0 Å². The molecule has 3 N–H and O–H groups in total. The molecule has 0 aliphatic carbocycles. The van der Waals surface area contributed by atoms with Gasteiger partial charge in [0.25, 0.3) is 0 Å². The fourth-order valence-electron chi connectivity index (χ4n) is 3.29. The van der Waals surface area contributed by atoms with E-state index in [-0.39, 0.29) is 0 Å². The molecule has 1 aliphatic rings. The Hall–Kier alpha value is -2.10. The summed E-state index contributed by atoms with van der Waals surface area (Å²) in [6, 6.07) is 3.41. The number of fused-ring (bicyclic) bond motifs is 1. The van der Waals surface area contributed by atoms with Crippen LogP contribution in [-0.4, -0.2) is 59.8 Å². The SMILES string of the molecule is Cc1ncnc2c1c(-c1cc(Cl)ccn1)cn2[C@@H]1O[C@H](CO)[C@@H](O)[C@H]1O. The van der Waals surface area contributed by atoms with Crippen molar-refractivity contribution >= 4 is 22.6 Å². The molecule has 4 heterocycles. The largest absolute Gasteiger partial charge is 0.394 e. The number of hydrogen-bond donors (Lipinski definition) is 3. The van der Waals surface area contributed by atoms with Crippen LogP contribution in [0.15, 0.2) is 30.9 Å². The monoisotopic (exact) mass is 376 g/mol. The van der Waals surface area contributed by atoms with Crippen molar-refractivity contribution in [1.29, 1.82) is 0 Å². The van der Waals surface area contributed by atoms with Gasteiger partial charge in [-0.15, -0.1) is 0 Å². The van der Waals surface area contributed by atoms with Gasteiger partial charge in [0, 0.05) is 28.4 Å². The number of hydrogen-bond acceptors (Lipinski definition) is 7. The number of halogens is 1. The first kappa shape index (κ1) is 17.3. The van der Waals surface area contributed by atoms with Gasteiger partial charge in [-0.3, -0.25) is 4.98 Å². The summed E-state index contributed by atoms with van der Waals surface area (Å²) in [5.41, 5.74) is 2.63. The lowest BCUT2D eigenvalue weighted by Gasteiger charge is -2.17. The lowest BCUT2D eigenvalue weighted by atomic mass is 10.1. The molecule has 4 rings (SSSR count). The summed E-state index contributed by atoms with van der Waals surface area (Å²) in [7, 11) is 0. The fourth-order valence-corrected chi connectivity index (χ4v) is 3.45. The van der Waals surface area contributed by atoms with E-state index in [9.17, 15) is 15.3 Å². The first-order valence-corrected chi connectivity index (χ1v) is 8.45. The van der Waals surface area contributed by atoms with Crippen LogP contribution in [0.5, 0.6) is 0 Å². The molecule has 0 bridgehead atoms. The zero-order valence-corrected chi connectivity index (χ0v) is 14.6. The second-order valence-electron chi connectivity index (χ2n) is 6.20. The number of rotatable bonds is 3. The highest BCUT2D eigenvalue weighted by Crippen LogP contribution is 2.37. The summed E-state index contributed by atoms with van der Waals surface area (Å²) in [5, 5.41) is 31.1. The van der Waals surface area contributed by atoms with Crippen molar-refractivity contribution in [3.8, 4) is 11.3 Å². The van der Waals surface area contributed by atoms with E-state index >= 15 is 0 Å². The third-order valence-electron chi connectivity index (χ3n) is 4.59. The van der Waals surface area contributed by atoms with Gasteiger partial charge in [0.05, 0.1) is 18.0 Å². The van der Waals surface area contributed by atoms with Crippen molar-refractivity contribution in [2.24, 2.45) is 0 Å². The number of aliphatic hydroxyl groups excluding tert-OH is 3. The van der Waals surface area contributed by atoms with Crippen LogP contribution >= 0.6 is 11.6 Å². The van der Waals surface area contributed by atoms with E-state index in [0.29, 0.717) is 16.4 Å². The standard InChI is InChI=1S/C17H17ClN4O4/c1-8-13-10(11-4-9(18)2-3-19-11)5-22(16(13)21-7-20-8)17-15(25)14(24)12(6-23)26-17/h2-5,7,12,14-15,17,23-25H,6H2,1H3/t12-,14-,15-,17-/m1/s1. The summed E-state index contributed by atoms with van der Waals surface area (Å²) in [4.78, 5) is 12.9. The number of ether oxygens (including phenoxy) is 1. The average Bonchev–Trinajstić information content (AvgIpc) is 3.15. The molecule has 9 heteroatoms. The minimum atomic E-state index is -1.21. The number of aliphatic hydroxyl groups is 3. The van der Waals surface area contributed by atoms with Gasteiger partial charge in [-0.25, -0.2) is 9.97 Å². The molecule has 3 aromatic rings. The Morgan fingerprint density at radius 2 is 2.04 bits per heavy atom. The minimum Gasteiger partial charge on any atom is -0.394 e. The predicted octanol–water partition coefficient (Wildman–Crippen LogP) is 1.07. The molecule has 4 atom stereocenters.